The smallest absolute Gasteiger partial charge is 0.256 e. The first-order valence-electron chi connectivity index (χ1n) is 4.10. The van der Waals surface area contributed by atoms with Crippen LogP contribution in [0.4, 0.5) is 5.00 Å². The Morgan fingerprint density at radius 2 is 2.07 bits per heavy atom. The van der Waals surface area contributed by atoms with Gasteiger partial charge in [0.2, 0.25) is 0 Å². The minimum absolute atomic E-state index is 0.141. The van der Waals surface area contributed by atoms with E-state index in [0.717, 1.165) is 15.1 Å². The van der Waals surface area contributed by atoms with Crippen LogP contribution in [0.2, 0.25) is 0 Å². The van der Waals surface area contributed by atoms with E-state index in [2.05, 4.69) is 37.5 Å². The van der Waals surface area contributed by atoms with Crippen molar-refractivity contribution in [1.82, 2.24) is 9.59 Å². The van der Waals surface area contributed by atoms with Crippen LogP contribution in [0.25, 0.3) is 0 Å². The second kappa shape index (κ2) is 4.67. The Bertz CT molecular complexity index is 455. The highest BCUT2D eigenvalue weighted by atomic mass is 127. The van der Waals surface area contributed by atoms with Gasteiger partial charge in [-0.1, -0.05) is 4.49 Å². The lowest BCUT2D eigenvalue weighted by Crippen LogP contribution is -2.10. The maximum Gasteiger partial charge on any atom is 0.256 e. The first kappa shape index (κ1) is 10.5. The minimum atomic E-state index is -0.141. The summed E-state index contributed by atoms with van der Waals surface area (Å²) in [7, 11) is 0. The number of rotatable bonds is 2. The monoisotopic (exact) mass is 331 g/mol. The molecule has 0 fully saturated rings. The molecular weight excluding hydrogens is 325 g/mol. The van der Waals surface area contributed by atoms with Crippen molar-refractivity contribution in [3.63, 3.8) is 0 Å². The minimum Gasteiger partial charge on any atom is -0.311 e. The van der Waals surface area contributed by atoms with Gasteiger partial charge in [-0.05, 0) is 46.9 Å². The molecule has 0 unspecified atom stereocenters. The molecular formula is C9H6IN3OS. The molecule has 2 aromatic rings. The van der Waals surface area contributed by atoms with E-state index in [1.165, 1.54) is 6.20 Å². The van der Waals surface area contributed by atoms with E-state index in [1.807, 2.05) is 12.1 Å². The molecule has 0 atom stereocenters. The van der Waals surface area contributed by atoms with Gasteiger partial charge in [0.05, 0.1) is 6.20 Å². The van der Waals surface area contributed by atoms with Crippen LogP contribution in [-0.4, -0.2) is 15.5 Å². The molecule has 0 aliphatic heterocycles. The van der Waals surface area contributed by atoms with Crippen LogP contribution in [0.3, 0.4) is 0 Å². The highest BCUT2D eigenvalue weighted by molar-refractivity contribution is 14.1. The van der Waals surface area contributed by atoms with Crippen molar-refractivity contribution in [3.8, 4) is 0 Å². The van der Waals surface area contributed by atoms with E-state index < -0.39 is 0 Å². The third-order valence-electron chi connectivity index (χ3n) is 1.70. The molecule has 1 aromatic heterocycles. The first-order chi connectivity index (χ1) is 7.25. The maximum atomic E-state index is 11.7. The molecule has 0 aliphatic carbocycles. The molecule has 4 nitrogen and oxygen atoms in total. The number of carbonyl (C=O) groups excluding carboxylic acids is 1. The molecule has 0 saturated carbocycles. The van der Waals surface area contributed by atoms with E-state index in [0.29, 0.717) is 10.6 Å². The third kappa shape index (κ3) is 2.72. The van der Waals surface area contributed by atoms with Crippen LogP contribution in [0.5, 0.6) is 0 Å². The van der Waals surface area contributed by atoms with Gasteiger partial charge in [0, 0.05) is 20.7 Å². The van der Waals surface area contributed by atoms with Gasteiger partial charge < -0.3 is 5.32 Å². The van der Waals surface area contributed by atoms with Crippen molar-refractivity contribution in [2.45, 2.75) is 0 Å². The highest BCUT2D eigenvalue weighted by Gasteiger charge is 2.06. The van der Waals surface area contributed by atoms with Crippen LogP contribution in [-0.2, 0) is 0 Å². The van der Waals surface area contributed by atoms with Gasteiger partial charge in [-0.2, -0.15) is 0 Å². The Balaban J connectivity index is 2.11. The zero-order valence-corrected chi connectivity index (χ0v) is 10.4. The second-order valence-electron chi connectivity index (χ2n) is 2.74. The summed E-state index contributed by atoms with van der Waals surface area (Å²) >= 11 is 3.35. The summed E-state index contributed by atoms with van der Waals surface area (Å²) in [5, 5.41) is 7.00. The van der Waals surface area contributed by atoms with Crippen molar-refractivity contribution in [3.05, 3.63) is 39.6 Å². The normalized spacial score (nSPS) is 9.93. The Hall–Kier alpha value is -1.02. The van der Waals surface area contributed by atoms with Crippen LogP contribution in [0, 0.1) is 3.57 Å². The fourth-order valence-corrected chi connectivity index (χ4v) is 1.78. The topological polar surface area (TPSA) is 54.9 Å². The number of hydrogen-bond donors (Lipinski definition) is 1. The SMILES string of the molecule is O=C(Nc1cnns1)c1ccc(I)cc1. The number of carbonyl (C=O) groups is 1. The number of nitrogens with zero attached hydrogens (tertiary/aromatic N) is 2. The zero-order valence-electron chi connectivity index (χ0n) is 7.48. The molecule has 6 heteroatoms. The summed E-state index contributed by atoms with van der Waals surface area (Å²) in [5.74, 6) is -0.141. The molecule has 0 saturated heterocycles. The van der Waals surface area contributed by atoms with Crippen molar-refractivity contribution in [2.24, 2.45) is 0 Å². The van der Waals surface area contributed by atoms with E-state index in [9.17, 15) is 4.79 Å². The summed E-state index contributed by atoms with van der Waals surface area (Å²) in [6, 6.07) is 7.35. The largest absolute Gasteiger partial charge is 0.311 e. The van der Waals surface area contributed by atoms with E-state index in [4.69, 9.17) is 0 Å². The van der Waals surface area contributed by atoms with Gasteiger partial charge in [0.15, 0.2) is 0 Å². The Morgan fingerprint density at radius 1 is 1.33 bits per heavy atom. The predicted molar refractivity (Wildman–Crippen MR) is 67.0 cm³/mol. The molecule has 2 rings (SSSR count). The van der Waals surface area contributed by atoms with Crippen molar-refractivity contribution >= 4 is 45.0 Å². The van der Waals surface area contributed by atoms with Gasteiger partial charge in [0.1, 0.15) is 5.00 Å². The molecule has 76 valence electrons. The van der Waals surface area contributed by atoms with E-state index in [-0.39, 0.29) is 5.91 Å². The van der Waals surface area contributed by atoms with Gasteiger partial charge in [-0.3, -0.25) is 4.79 Å². The average molecular weight is 331 g/mol. The maximum absolute atomic E-state index is 11.7. The predicted octanol–water partition coefficient (Wildman–Crippen LogP) is 2.40. The quantitative estimate of drug-likeness (QED) is 0.860. The van der Waals surface area contributed by atoms with Gasteiger partial charge in [-0.25, -0.2) is 0 Å². The molecule has 0 aliphatic rings. The van der Waals surface area contributed by atoms with Crippen LogP contribution >= 0.6 is 34.1 Å². The molecule has 0 bridgehead atoms. The lowest BCUT2D eigenvalue weighted by atomic mass is 10.2. The number of amides is 1. The lowest BCUT2D eigenvalue weighted by Gasteiger charge is -2.00. The Kier molecular flexibility index (Phi) is 3.27. The molecule has 15 heavy (non-hydrogen) atoms. The average Bonchev–Trinajstić information content (AvgIpc) is 2.71. The summed E-state index contributed by atoms with van der Waals surface area (Å²) < 4.78 is 4.76. The van der Waals surface area contributed by atoms with E-state index in [1.54, 1.807) is 12.1 Å². The molecule has 1 heterocycles. The number of nitrogens with one attached hydrogen (secondary N) is 1. The van der Waals surface area contributed by atoms with Crippen molar-refractivity contribution in [2.75, 3.05) is 5.32 Å². The fraction of sp³-hybridized carbons (Fsp3) is 0. The second-order valence-corrected chi connectivity index (χ2v) is 4.77. The van der Waals surface area contributed by atoms with Gasteiger partial charge in [0.25, 0.3) is 5.91 Å². The van der Waals surface area contributed by atoms with Crippen LogP contribution in [0.15, 0.2) is 30.5 Å². The highest BCUT2D eigenvalue weighted by Crippen LogP contribution is 2.12. The van der Waals surface area contributed by atoms with Crippen LogP contribution < -0.4 is 5.32 Å². The van der Waals surface area contributed by atoms with Gasteiger partial charge >= 0.3 is 0 Å². The number of benzene rings is 1. The Morgan fingerprint density at radius 3 is 2.67 bits per heavy atom. The number of hydrogen-bond acceptors (Lipinski definition) is 4. The van der Waals surface area contributed by atoms with Gasteiger partial charge in [-0.15, -0.1) is 5.10 Å². The third-order valence-corrected chi connectivity index (χ3v) is 3.00. The number of anilines is 1. The van der Waals surface area contributed by atoms with Crippen LogP contribution in [0.1, 0.15) is 10.4 Å². The molecule has 1 aromatic carbocycles. The fourth-order valence-electron chi connectivity index (χ4n) is 1.01. The van der Waals surface area contributed by atoms with E-state index >= 15 is 0 Å². The molecule has 0 spiro atoms. The molecule has 1 amide bonds. The summed E-state index contributed by atoms with van der Waals surface area (Å²) in [6.45, 7) is 0. The van der Waals surface area contributed by atoms with Crippen molar-refractivity contribution < 1.29 is 4.79 Å². The summed E-state index contributed by atoms with van der Waals surface area (Å²) in [6.07, 6.45) is 1.52. The standard InChI is InChI=1S/C9H6IN3OS/c10-7-3-1-6(2-4-7)9(14)12-8-5-11-13-15-8/h1-5H,(H,12,14). The number of halogens is 1. The number of aromatic nitrogens is 2. The van der Waals surface area contributed by atoms with Crippen molar-refractivity contribution in [1.29, 1.82) is 0 Å². The molecule has 1 N–H and O–H groups in total. The lowest BCUT2D eigenvalue weighted by molar-refractivity contribution is 0.102. The Labute approximate surface area is 104 Å². The summed E-state index contributed by atoms with van der Waals surface area (Å²) in [5.41, 5.74) is 0.629. The first-order valence-corrected chi connectivity index (χ1v) is 5.95. The zero-order chi connectivity index (χ0) is 10.7. The summed E-state index contributed by atoms with van der Waals surface area (Å²) in [4.78, 5) is 11.7. The molecule has 0 radical (unpaired) electrons.